The maximum atomic E-state index is 11.8. The molecule has 0 aliphatic carbocycles. The molecule has 0 unspecified atom stereocenters. The number of rotatable bonds is 3. The van der Waals surface area contributed by atoms with E-state index in [-0.39, 0.29) is 11.7 Å². The summed E-state index contributed by atoms with van der Waals surface area (Å²) in [6, 6.07) is -0.973. The van der Waals surface area contributed by atoms with Gasteiger partial charge < -0.3 is 5.32 Å². The van der Waals surface area contributed by atoms with Crippen molar-refractivity contribution in [1.29, 1.82) is 0 Å². The van der Waals surface area contributed by atoms with E-state index in [1.807, 2.05) is 13.8 Å². The molecule has 0 aromatic carbocycles. The fraction of sp³-hybridized carbons (Fsp3) is 0.500. The SMILES string of the molecule is CC(C)c1cnc(NC(=O)NCC(F)(F)F)cn1. The Bertz CT molecular complexity index is 403. The Labute approximate surface area is 102 Å². The average Bonchev–Trinajstić information content (AvgIpc) is 2.26. The summed E-state index contributed by atoms with van der Waals surface area (Å²) >= 11 is 0. The topological polar surface area (TPSA) is 66.9 Å². The molecule has 8 heteroatoms. The number of urea groups is 1. The predicted octanol–water partition coefficient (Wildman–Crippen LogP) is 2.28. The van der Waals surface area contributed by atoms with Crippen LogP contribution in [0.1, 0.15) is 25.5 Å². The zero-order chi connectivity index (χ0) is 13.8. The zero-order valence-electron chi connectivity index (χ0n) is 9.88. The number of aromatic nitrogens is 2. The molecule has 0 saturated carbocycles. The monoisotopic (exact) mass is 262 g/mol. The van der Waals surface area contributed by atoms with Crippen molar-refractivity contribution < 1.29 is 18.0 Å². The van der Waals surface area contributed by atoms with E-state index < -0.39 is 18.8 Å². The van der Waals surface area contributed by atoms with Crippen molar-refractivity contribution in [1.82, 2.24) is 15.3 Å². The molecule has 5 nitrogen and oxygen atoms in total. The first kappa shape index (κ1) is 14.2. The van der Waals surface area contributed by atoms with Crippen LogP contribution in [0.5, 0.6) is 0 Å². The number of anilines is 1. The van der Waals surface area contributed by atoms with Gasteiger partial charge in [0.2, 0.25) is 0 Å². The van der Waals surface area contributed by atoms with E-state index in [2.05, 4.69) is 15.3 Å². The summed E-state index contributed by atoms with van der Waals surface area (Å²) in [5, 5.41) is 3.82. The Kier molecular flexibility index (Phi) is 4.46. The van der Waals surface area contributed by atoms with E-state index in [0.717, 1.165) is 5.69 Å². The zero-order valence-corrected chi connectivity index (χ0v) is 9.88. The number of carbonyl (C=O) groups excluding carboxylic acids is 1. The second-order valence-corrected chi connectivity index (χ2v) is 3.90. The highest BCUT2D eigenvalue weighted by Gasteiger charge is 2.27. The lowest BCUT2D eigenvalue weighted by molar-refractivity contribution is -0.122. The van der Waals surface area contributed by atoms with Crippen LogP contribution in [0, 0.1) is 0 Å². The summed E-state index contributed by atoms with van der Waals surface area (Å²) in [5.74, 6) is 0.282. The van der Waals surface area contributed by atoms with E-state index >= 15 is 0 Å². The fourth-order valence-corrected chi connectivity index (χ4v) is 1.04. The maximum absolute atomic E-state index is 11.8. The van der Waals surface area contributed by atoms with Crippen molar-refractivity contribution in [3.63, 3.8) is 0 Å². The molecule has 0 aliphatic rings. The summed E-state index contributed by atoms with van der Waals surface area (Å²) in [5.41, 5.74) is 0.733. The molecule has 18 heavy (non-hydrogen) atoms. The first-order chi connectivity index (χ1) is 8.28. The lowest BCUT2D eigenvalue weighted by Gasteiger charge is -2.09. The standard InChI is InChI=1S/C10H13F3N4O/c1-6(2)7-3-15-8(4-14-7)17-9(18)16-5-10(11,12)13/h3-4,6H,5H2,1-2H3,(H2,15,16,17,18). The minimum Gasteiger partial charge on any atom is -0.329 e. The smallest absolute Gasteiger partial charge is 0.329 e. The van der Waals surface area contributed by atoms with E-state index in [0.29, 0.717) is 0 Å². The molecule has 2 N–H and O–H groups in total. The Morgan fingerprint density at radius 2 is 2.00 bits per heavy atom. The number of hydrogen-bond acceptors (Lipinski definition) is 3. The Hall–Kier alpha value is -1.86. The van der Waals surface area contributed by atoms with Crippen molar-refractivity contribution in [2.45, 2.75) is 25.9 Å². The van der Waals surface area contributed by atoms with Crippen LogP contribution >= 0.6 is 0 Å². The third kappa shape index (κ3) is 4.98. The number of nitrogens with one attached hydrogen (secondary N) is 2. The number of alkyl halides is 3. The van der Waals surface area contributed by atoms with Crippen molar-refractivity contribution in [2.75, 3.05) is 11.9 Å². The number of carbonyl (C=O) groups is 1. The van der Waals surface area contributed by atoms with Gasteiger partial charge in [-0.25, -0.2) is 9.78 Å². The molecular formula is C10H13F3N4O. The van der Waals surface area contributed by atoms with Crippen molar-refractivity contribution >= 4 is 11.8 Å². The fourth-order valence-electron chi connectivity index (χ4n) is 1.04. The molecule has 1 heterocycles. The van der Waals surface area contributed by atoms with Gasteiger partial charge in [-0.1, -0.05) is 13.8 Å². The van der Waals surface area contributed by atoms with Crippen LogP contribution in [0.3, 0.4) is 0 Å². The lowest BCUT2D eigenvalue weighted by Crippen LogP contribution is -2.36. The molecule has 0 spiro atoms. The molecular weight excluding hydrogens is 249 g/mol. The summed E-state index contributed by atoms with van der Waals surface area (Å²) < 4.78 is 35.5. The largest absolute Gasteiger partial charge is 0.405 e. The number of nitrogens with zero attached hydrogens (tertiary/aromatic N) is 2. The highest BCUT2D eigenvalue weighted by Crippen LogP contribution is 2.13. The summed E-state index contributed by atoms with van der Waals surface area (Å²) in [6.45, 7) is 2.46. The molecule has 0 radical (unpaired) electrons. The Balaban J connectivity index is 2.50. The van der Waals surface area contributed by atoms with Gasteiger partial charge in [0.05, 0.1) is 18.1 Å². The Morgan fingerprint density at radius 3 is 2.44 bits per heavy atom. The highest BCUT2D eigenvalue weighted by molar-refractivity contribution is 5.87. The van der Waals surface area contributed by atoms with Gasteiger partial charge in [0.15, 0.2) is 5.82 Å². The third-order valence-electron chi connectivity index (χ3n) is 1.95. The second kappa shape index (κ2) is 5.65. The molecule has 0 atom stereocenters. The molecule has 0 bridgehead atoms. The molecule has 0 aliphatic heterocycles. The van der Waals surface area contributed by atoms with Gasteiger partial charge in [-0.05, 0) is 5.92 Å². The minimum atomic E-state index is -4.44. The second-order valence-electron chi connectivity index (χ2n) is 3.90. The number of hydrogen-bond donors (Lipinski definition) is 2. The van der Waals surface area contributed by atoms with Gasteiger partial charge in [-0.3, -0.25) is 10.3 Å². The Morgan fingerprint density at radius 1 is 1.33 bits per heavy atom. The van der Waals surface area contributed by atoms with Crippen molar-refractivity contribution in [3.8, 4) is 0 Å². The summed E-state index contributed by atoms with van der Waals surface area (Å²) in [7, 11) is 0. The molecule has 1 rings (SSSR count). The third-order valence-corrected chi connectivity index (χ3v) is 1.95. The normalized spacial score (nSPS) is 11.4. The van der Waals surface area contributed by atoms with Gasteiger partial charge in [0.1, 0.15) is 6.54 Å². The van der Waals surface area contributed by atoms with E-state index in [1.165, 1.54) is 12.4 Å². The molecule has 100 valence electrons. The van der Waals surface area contributed by atoms with Crippen molar-refractivity contribution in [3.05, 3.63) is 18.1 Å². The summed E-state index contributed by atoms with van der Waals surface area (Å²) in [6.07, 6.45) is -1.68. The molecule has 1 aromatic heterocycles. The first-order valence-corrected chi connectivity index (χ1v) is 5.21. The highest BCUT2D eigenvalue weighted by atomic mass is 19.4. The van der Waals surface area contributed by atoms with E-state index in [9.17, 15) is 18.0 Å². The predicted molar refractivity (Wildman–Crippen MR) is 59.2 cm³/mol. The minimum absolute atomic E-state index is 0.0964. The molecule has 2 amide bonds. The lowest BCUT2D eigenvalue weighted by atomic mass is 10.1. The van der Waals surface area contributed by atoms with Gasteiger partial charge in [0, 0.05) is 0 Å². The van der Waals surface area contributed by atoms with Gasteiger partial charge in [-0.15, -0.1) is 0 Å². The number of halogens is 3. The van der Waals surface area contributed by atoms with E-state index in [4.69, 9.17) is 0 Å². The van der Waals surface area contributed by atoms with Gasteiger partial charge in [0.25, 0.3) is 0 Å². The molecule has 0 saturated heterocycles. The van der Waals surface area contributed by atoms with Crippen LogP contribution in [-0.2, 0) is 0 Å². The average molecular weight is 262 g/mol. The van der Waals surface area contributed by atoms with Crippen LogP contribution < -0.4 is 10.6 Å². The quantitative estimate of drug-likeness (QED) is 0.878. The number of amides is 2. The molecule has 0 fully saturated rings. The summed E-state index contributed by atoms with van der Waals surface area (Å²) in [4.78, 5) is 19.0. The van der Waals surface area contributed by atoms with Crippen molar-refractivity contribution in [2.24, 2.45) is 0 Å². The maximum Gasteiger partial charge on any atom is 0.405 e. The van der Waals surface area contributed by atoms with Gasteiger partial charge >= 0.3 is 12.2 Å². The van der Waals surface area contributed by atoms with E-state index in [1.54, 1.807) is 5.32 Å². The van der Waals surface area contributed by atoms with Crippen LogP contribution in [0.15, 0.2) is 12.4 Å². The molecule has 1 aromatic rings. The van der Waals surface area contributed by atoms with Gasteiger partial charge in [-0.2, -0.15) is 13.2 Å². The van der Waals surface area contributed by atoms with Crippen LogP contribution in [0.4, 0.5) is 23.8 Å². The van der Waals surface area contributed by atoms with Crippen LogP contribution in [0.25, 0.3) is 0 Å². The van der Waals surface area contributed by atoms with Crippen LogP contribution in [0.2, 0.25) is 0 Å². The first-order valence-electron chi connectivity index (χ1n) is 5.21. The van der Waals surface area contributed by atoms with Crippen LogP contribution in [-0.4, -0.2) is 28.7 Å².